The number of rotatable bonds is 8. The van der Waals surface area contributed by atoms with E-state index in [0.717, 1.165) is 32.4 Å². The largest absolute Gasteiger partial charge is 0.445 e. The van der Waals surface area contributed by atoms with E-state index in [1.165, 1.54) is 5.56 Å². The fourth-order valence-corrected chi connectivity index (χ4v) is 5.99. The Balaban J connectivity index is 1.27. The summed E-state index contributed by atoms with van der Waals surface area (Å²) < 4.78 is 33.5. The van der Waals surface area contributed by atoms with Gasteiger partial charge < -0.3 is 14.5 Å². The summed E-state index contributed by atoms with van der Waals surface area (Å²) in [6.07, 6.45) is 2.17. The molecule has 35 heavy (non-hydrogen) atoms. The normalized spacial score (nSPS) is 21.3. The van der Waals surface area contributed by atoms with Gasteiger partial charge in [-0.05, 0) is 57.7 Å². The quantitative estimate of drug-likeness (QED) is 0.570. The number of anilines is 1. The number of amides is 1. The van der Waals surface area contributed by atoms with Crippen molar-refractivity contribution in [3.05, 3.63) is 66.2 Å². The zero-order valence-corrected chi connectivity index (χ0v) is 21.7. The van der Waals surface area contributed by atoms with Gasteiger partial charge in [0, 0.05) is 42.8 Å². The number of nitrogens with zero attached hydrogens (tertiary/aromatic N) is 2. The predicted molar refractivity (Wildman–Crippen MR) is 139 cm³/mol. The van der Waals surface area contributed by atoms with E-state index in [4.69, 9.17) is 4.74 Å². The number of hydrogen-bond acceptors (Lipinski definition) is 5. The first-order valence-corrected chi connectivity index (χ1v) is 14.1. The summed E-state index contributed by atoms with van der Waals surface area (Å²) in [5.41, 5.74) is 1.44. The standard InChI is InChI=1S/C27H37N3O4S/c1-27(2,3)30(26(31)34-25-20-24(25)21-10-6-4-7-11-21)23-14-16-29(17-15-23)18-19-35(32,33)28-22-12-8-5-9-13-22/h4-13,23-25,28H,14-20H2,1-3H3/t24-,25+/m0/s1. The first-order valence-electron chi connectivity index (χ1n) is 12.5. The molecule has 0 bridgehead atoms. The maximum absolute atomic E-state index is 13.2. The summed E-state index contributed by atoms with van der Waals surface area (Å²) in [6, 6.07) is 19.2. The molecule has 1 aliphatic carbocycles. The lowest BCUT2D eigenvalue weighted by molar-refractivity contribution is 0.0199. The number of likely N-dealkylation sites (tertiary alicyclic amines) is 1. The van der Waals surface area contributed by atoms with Crippen LogP contribution in [0.5, 0.6) is 0 Å². The van der Waals surface area contributed by atoms with E-state index in [2.05, 4.69) is 21.8 Å². The van der Waals surface area contributed by atoms with Crippen molar-refractivity contribution < 1.29 is 17.9 Å². The van der Waals surface area contributed by atoms with Crippen LogP contribution in [0.1, 0.15) is 51.5 Å². The number of carbonyl (C=O) groups is 1. The summed E-state index contributed by atoms with van der Waals surface area (Å²) in [5, 5.41) is 0. The average molecular weight is 500 g/mol. The molecule has 4 rings (SSSR count). The van der Waals surface area contributed by atoms with Gasteiger partial charge in [-0.25, -0.2) is 13.2 Å². The van der Waals surface area contributed by atoms with E-state index >= 15 is 0 Å². The molecule has 0 aromatic heterocycles. The lowest BCUT2D eigenvalue weighted by atomic mass is 9.97. The molecule has 1 aliphatic heterocycles. The van der Waals surface area contributed by atoms with E-state index in [1.807, 2.05) is 49.9 Å². The average Bonchev–Trinajstić information content (AvgIpc) is 3.58. The van der Waals surface area contributed by atoms with E-state index in [1.54, 1.807) is 24.3 Å². The maximum atomic E-state index is 13.2. The SMILES string of the molecule is CC(C)(C)N(C(=O)O[C@@H]1C[C@H]1c1ccccc1)C1CCN(CCS(=O)(=O)Nc2ccccc2)CC1. The molecule has 2 aliphatic rings. The monoisotopic (exact) mass is 499 g/mol. The van der Waals surface area contributed by atoms with Crippen LogP contribution in [-0.2, 0) is 14.8 Å². The highest BCUT2D eigenvalue weighted by molar-refractivity contribution is 7.92. The smallest absolute Gasteiger partial charge is 0.410 e. The summed E-state index contributed by atoms with van der Waals surface area (Å²) >= 11 is 0. The van der Waals surface area contributed by atoms with Gasteiger partial charge in [0.25, 0.3) is 0 Å². The topological polar surface area (TPSA) is 79.0 Å². The molecule has 0 spiro atoms. The number of ether oxygens (including phenoxy) is 1. The first kappa shape index (κ1) is 25.5. The Labute approximate surface area is 209 Å². The van der Waals surface area contributed by atoms with Gasteiger partial charge in [-0.3, -0.25) is 4.72 Å². The van der Waals surface area contributed by atoms with Gasteiger partial charge in [-0.15, -0.1) is 0 Å². The Bertz CT molecular complexity index is 1080. The molecular weight excluding hydrogens is 462 g/mol. The van der Waals surface area contributed by atoms with Gasteiger partial charge in [0.15, 0.2) is 0 Å². The molecule has 2 aromatic rings. The van der Waals surface area contributed by atoms with Gasteiger partial charge >= 0.3 is 6.09 Å². The number of para-hydroxylation sites is 1. The van der Waals surface area contributed by atoms with E-state index in [9.17, 15) is 13.2 Å². The van der Waals surface area contributed by atoms with Crippen LogP contribution in [0.3, 0.4) is 0 Å². The Hall–Kier alpha value is -2.58. The molecule has 0 radical (unpaired) electrons. The molecular formula is C27H37N3O4S. The summed E-state index contributed by atoms with van der Waals surface area (Å²) in [6.45, 7) is 8.11. The number of benzene rings is 2. The van der Waals surface area contributed by atoms with E-state index in [-0.39, 0.29) is 35.4 Å². The van der Waals surface area contributed by atoms with Gasteiger partial charge in [-0.2, -0.15) is 0 Å². The van der Waals surface area contributed by atoms with Crippen LogP contribution < -0.4 is 4.72 Å². The third kappa shape index (κ3) is 6.98. The molecule has 1 saturated carbocycles. The molecule has 2 aromatic carbocycles. The molecule has 1 N–H and O–H groups in total. The molecule has 1 heterocycles. The summed E-state index contributed by atoms with van der Waals surface area (Å²) in [5.74, 6) is 0.329. The minimum absolute atomic E-state index is 0.0418. The Morgan fingerprint density at radius 3 is 2.23 bits per heavy atom. The summed E-state index contributed by atoms with van der Waals surface area (Å²) in [4.78, 5) is 17.3. The van der Waals surface area contributed by atoms with Crippen molar-refractivity contribution in [1.29, 1.82) is 0 Å². The van der Waals surface area contributed by atoms with Crippen LogP contribution in [-0.4, -0.2) is 67.4 Å². The molecule has 0 unspecified atom stereocenters. The van der Waals surface area contributed by atoms with Crippen molar-refractivity contribution >= 4 is 21.8 Å². The fraction of sp³-hybridized carbons (Fsp3) is 0.519. The second-order valence-corrected chi connectivity index (χ2v) is 12.4. The Kier molecular flexibility index (Phi) is 7.71. The van der Waals surface area contributed by atoms with Gasteiger partial charge in [0.05, 0.1) is 5.75 Å². The number of hydrogen-bond donors (Lipinski definition) is 1. The highest BCUT2D eigenvalue weighted by Crippen LogP contribution is 2.44. The minimum Gasteiger partial charge on any atom is -0.445 e. The molecule has 190 valence electrons. The molecule has 1 saturated heterocycles. The second kappa shape index (κ2) is 10.6. The first-order chi connectivity index (χ1) is 16.6. The number of piperidine rings is 1. The number of carbonyl (C=O) groups excluding carboxylic acids is 1. The second-order valence-electron chi connectivity index (χ2n) is 10.6. The van der Waals surface area contributed by atoms with E-state index in [0.29, 0.717) is 12.2 Å². The molecule has 2 atom stereocenters. The van der Waals surface area contributed by atoms with Crippen molar-refractivity contribution in [2.24, 2.45) is 0 Å². The molecule has 8 heteroatoms. The zero-order chi connectivity index (χ0) is 25.1. The van der Waals surface area contributed by atoms with Crippen molar-refractivity contribution in [2.45, 2.75) is 63.6 Å². The van der Waals surface area contributed by atoms with Gasteiger partial charge in [0.2, 0.25) is 10.0 Å². The highest BCUT2D eigenvalue weighted by Gasteiger charge is 2.45. The lowest BCUT2D eigenvalue weighted by Gasteiger charge is -2.44. The molecule has 2 fully saturated rings. The van der Waals surface area contributed by atoms with Crippen molar-refractivity contribution in [3.8, 4) is 0 Å². The van der Waals surface area contributed by atoms with Crippen molar-refractivity contribution in [1.82, 2.24) is 9.80 Å². The van der Waals surface area contributed by atoms with Crippen LogP contribution in [0.4, 0.5) is 10.5 Å². The molecule has 1 amide bonds. The van der Waals surface area contributed by atoms with Crippen molar-refractivity contribution in [2.75, 3.05) is 30.1 Å². The fourth-order valence-electron chi connectivity index (χ4n) is 4.90. The Morgan fingerprint density at radius 2 is 1.63 bits per heavy atom. The highest BCUT2D eigenvalue weighted by atomic mass is 32.2. The van der Waals surface area contributed by atoms with Crippen LogP contribution in [0, 0.1) is 0 Å². The van der Waals surface area contributed by atoms with Crippen molar-refractivity contribution in [3.63, 3.8) is 0 Å². The lowest BCUT2D eigenvalue weighted by Crippen LogP contribution is -2.55. The number of sulfonamides is 1. The van der Waals surface area contributed by atoms with Gasteiger partial charge in [-0.1, -0.05) is 48.5 Å². The van der Waals surface area contributed by atoms with E-state index < -0.39 is 10.0 Å². The maximum Gasteiger partial charge on any atom is 0.410 e. The summed E-state index contributed by atoms with van der Waals surface area (Å²) in [7, 11) is -3.41. The van der Waals surface area contributed by atoms with Crippen LogP contribution in [0.2, 0.25) is 0 Å². The van der Waals surface area contributed by atoms with Crippen LogP contribution >= 0.6 is 0 Å². The third-order valence-electron chi connectivity index (χ3n) is 6.78. The molecule has 7 nitrogen and oxygen atoms in total. The van der Waals surface area contributed by atoms with Crippen LogP contribution in [0.25, 0.3) is 0 Å². The number of nitrogens with one attached hydrogen (secondary N) is 1. The Morgan fingerprint density at radius 1 is 1.03 bits per heavy atom. The van der Waals surface area contributed by atoms with Crippen LogP contribution in [0.15, 0.2) is 60.7 Å². The van der Waals surface area contributed by atoms with Gasteiger partial charge in [0.1, 0.15) is 6.10 Å². The predicted octanol–water partition coefficient (Wildman–Crippen LogP) is 4.69. The third-order valence-corrected chi connectivity index (χ3v) is 8.04. The zero-order valence-electron chi connectivity index (χ0n) is 20.9. The minimum atomic E-state index is -3.41.